The van der Waals surface area contributed by atoms with E-state index < -0.39 is 23.4 Å². The van der Waals surface area contributed by atoms with Crippen molar-refractivity contribution in [2.75, 3.05) is 11.9 Å². The number of halogens is 1. The van der Waals surface area contributed by atoms with Crippen molar-refractivity contribution in [2.24, 2.45) is 0 Å². The molecule has 3 rings (SSSR count). The Morgan fingerprint density at radius 3 is 2.58 bits per heavy atom. The molecular weight excluding hydrogens is 450 g/mol. The second kappa shape index (κ2) is 11.4. The average Bonchev–Trinajstić information content (AvgIpc) is 2.82. The number of pyridine rings is 1. The molecule has 0 aliphatic carbocycles. The van der Waals surface area contributed by atoms with Crippen molar-refractivity contribution in [3.8, 4) is 5.75 Å². The number of hydrogen-bond donors (Lipinski definition) is 1. The van der Waals surface area contributed by atoms with Gasteiger partial charge in [-0.25, -0.2) is 4.79 Å². The molecule has 0 fully saturated rings. The Kier molecular flexibility index (Phi) is 8.09. The van der Waals surface area contributed by atoms with Crippen molar-refractivity contribution >= 4 is 40.9 Å². The Balaban J connectivity index is 1.44. The van der Waals surface area contributed by atoms with Gasteiger partial charge in [-0.1, -0.05) is 29.8 Å². The van der Waals surface area contributed by atoms with Gasteiger partial charge in [-0.3, -0.25) is 19.9 Å². The molecular formula is C23H18ClN3O6. The summed E-state index contributed by atoms with van der Waals surface area (Å²) in [6.45, 7) is -0.202. The van der Waals surface area contributed by atoms with Crippen molar-refractivity contribution in [3.63, 3.8) is 0 Å². The lowest BCUT2D eigenvalue weighted by Crippen LogP contribution is -2.20. The summed E-state index contributed by atoms with van der Waals surface area (Å²) in [5, 5.41) is 13.1. The number of nitro groups is 1. The fourth-order valence-corrected chi connectivity index (χ4v) is 2.79. The monoisotopic (exact) mass is 467 g/mol. The number of amides is 1. The lowest BCUT2D eigenvalue weighted by Gasteiger charge is -2.07. The van der Waals surface area contributed by atoms with Crippen LogP contribution in [0.1, 0.15) is 11.3 Å². The third-order valence-electron chi connectivity index (χ3n) is 4.19. The summed E-state index contributed by atoms with van der Waals surface area (Å²) in [5.41, 5.74) is 1.51. The standard InChI is InChI=1S/C23H18ClN3O6/c24-20-13-18(27(30)31)7-10-21(20)26-22(28)15-33-23(29)11-6-16-4-8-19(9-5-16)32-14-17-3-1-2-12-25-17/h1-13H,14-15H2,(H,26,28). The smallest absolute Gasteiger partial charge is 0.331 e. The van der Waals surface area contributed by atoms with Crippen molar-refractivity contribution in [3.05, 3.63) is 99.3 Å². The molecule has 1 N–H and O–H groups in total. The van der Waals surface area contributed by atoms with Crippen LogP contribution < -0.4 is 10.1 Å². The first-order valence-corrected chi connectivity index (χ1v) is 10.00. The summed E-state index contributed by atoms with van der Waals surface area (Å²) in [6.07, 6.45) is 4.42. The number of ether oxygens (including phenoxy) is 2. The molecule has 168 valence electrons. The van der Waals surface area contributed by atoms with Crippen LogP contribution in [0.15, 0.2) is 72.9 Å². The first kappa shape index (κ1) is 23.4. The van der Waals surface area contributed by atoms with Crippen LogP contribution in [0, 0.1) is 10.1 Å². The van der Waals surface area contributed by atoms with E-state index in [1.165, 1.54) is 24.3 Å². The number of esters is 1. The molecule has 1 amide bonds. The van der Waals surface area contributed by atoms with Gasteiger partial charge < -0.3 is 14.8 Å². The highest BCUT2D eigenvalue weighted by molar-refractivity contribution is 6.34. The molecule has 1 aromatic heterocycles. The minimum absolute atomic E-state index is 0.00349. The van der Waals surface area contributed by atoms with Crippen molar-refractivity contribution < 1.29 is 24.0 Å². The summed E-state index contributed by atoms with van der Waals surface area (Å²) >= 11 is 5.91. The Hall–Kier alpha value is -4.24. The van der Waals surface area contributed by atoms with E-state index in [4.69, 9.17) is 21.1 Å². The van der Waals surface area contributed by atoms with E-state index in [-0.39, 0.29) is 16.4 Å². The predicted octanol–water partition coefficient (Wildman–Crippen LogP) is 4.42. The summed E-state index contributed by atoms with van der Waals surface area (Å²) in [4.78, 5) is 38.1. The molecule has 0 bridgehead atoms. The van der Waals surface area contributed by atoms with Crippen molar-refractivity contribution in [1.82, 2.24) is 4.98 Å². The van der Waals surface area contributed by atoms with E-state index in [9.17, 15) is 19.7 Å². The Bertz CT molecular complexity index is 1170. The molecule has 0 spiro atoms. The predicted molar refractivity (Wildman–Crippen MR) is 122 cm³/mol. The van der Waals surface area contributed by atoms with Crippen LogP contribution in [0.25, 0.3) is 6.08 Å². The third kappa shape index (κ3) is 7.44. The van der Waals surface area contributed by atoms with E-state index in [1.54, 1.807) is 30.5 Å². The van der Waals surface area contributed by atoms with E-state index in [0.717, 1.165) is 17.3 Å². The van der Waals surface area contributed by atoms with Gasteiger partial charge in [-0.05, 0) is 42.0 Å². The number of nitro benzene ring substituents is 1. The zero-order valence-corrected chi connectivity index (χ0v) is 17.9. The normalized spacial score (nSPS) is 10.6. The first-order chi connectivity index (χ1) is 15.9. The number of rotatable bonds is 9. The summed E-state index contributed by atoms with van der Waals surface area (Å²) < 4.78 is 10.5. The van der Waals surface area contributed by atoms with Crippen LogP contribution in [0.3, 0.4) is 0 Å². The van der Waals surface area contributed by atoms with Gasteiger partial charge in [-0.2, -0.15) is 0 Å². The Morgan fingerprint density at radius 1 is 1.12 bits per heavy atom. The van der Waals surface area contributed by atoms with E-state index in [0.29, 0.717) is 12.4 Å². The molecule has 0 radical (unpaired) electrons. The lowest BCUT2D eigenvalue weighted by molar-refractivity contribution is -0.384. The highest BCUT2D eigenvalue weighted by Crippen LogP contribution is 2.26. The molecule has 0 aliphatic rings. The molecule has 33 heavy (non-hydrogen) atoms. The van der Waals surface area contributed by atoms with Crippen LogP contribution in [-0.4, -0.2) is 28.4 Å². The van der Waals surface area contributed by atoms with Crippen LogP contribution in [0.4, 0.5) is 11.4 Å². The molecule has 2 aromatic carbocycles. The van der Waals surface area contributed by atoms with E-state index in [2.05, 4.69) is 10.3 Å². The molecule has 3 aromatic rings. The molecule has 0 saturated heterocycles. The number of carbonyl (C=O) groups excluding carboxylic acids is 2. The topological polar surface area (TPSA) is 121 Å². The number of benzene rings is 2. The molecule has 1 heterocycles. The number of hydrogen-bond acceptors (Lipinski definition) is 7. The number of nitrogens with one attached hydrogen (secondary N) is 1. The van der Waals surface area contributed by atoms with Gasteiger partial charge in [0.1, 0.15) is 12.4 Å². The number of anilines is 1. The summed E-state index contributed by atoms with van der Waals surface area (Å²) in [5.74, 6) is -0.695. The minimum atomic E-state index is -0.713. The maximum absolute atomic E-state index is 11.9. The minimum Gasteiger partial charge on any atom is -0.487 e. The fourth-order valence-electron chi connectivity index (χ4n) is 2.57. The van der Waals surface area contributed by atoms with Crippen LogP contribution in [0.5, 0.6) is 5.75 Å². The van der Waals surface area contributed by atoms with Gasteiger partial charge in [0.25, 0.3) is 11.6 Å². The van der Waals surface area contributed by atoms with Crippen LogP contribution in [0.2, 0.25) is 5.02 Å². The highest BCUT2D eigenvalue weighted by atomic mass is 35.5. The fraction of sp³-hybridized carbons (Fsp3) is 0.0870. The van der Waals surface area contributed by atoms with Gasteiger partial charge in [-0.15, -0.1) is 0 Å². The Labute approximate surface area is 193 Å². The van der Waals surface area contributed by atoms with Crippen LogP contribution >= 0.6 is 11.6 Å². The average molecular weight is 468 g/mol. The summed E-state index contributed by atoms with van der Waals surface area (Å²) in [6, 6.07) is 16.2. The lowest BCUT2D eigenvalue weighted by atomic mass is 10.2. The third-order valence-corrected chi connectivity index (χ3v) is 4.50. The maximum atomic E-state index is 11.9. The zero-order valence-electron chi connectivity index (χ0n) is 17.1. The number of non-ortho nitro benzene ring substituents is 1. The second-order valence-electron chi connectivity index (χ2n) is 6.59. The second-order valence-corrected chi connectivity index (χ2v) is 7.00. The highest BCUT2D eigenvalue weighted by Gasteiger charge is 2.12. The molecule has 0 atom stereocenters. The molecule has 9 nitrogen and oxygen atoms in total. The quantitative estimate of drug-likeness (QED) is 0.214. The first-order valence-electron chi connectivity index (χ1n) is 9.62. The molecule has 10 heteroatoms. The van der Waals surface area contributed by atoms with Crippen molar-refractivity contribution in [1.29, 1.82) is 0 Å². The number of aromatic nitrogens is 1. The molecule has 0 saturated carbocycles. The van der Waals surface area contributed by atoms with Gasteiger partial charge >= 0.3 is 5.97 Å². The molecule has 0 unspecified atom stereocenters. The van der Waals surface area contributed by atoms with Crippen LogP contribution in [-0.2, 0) is 20.9 Å². The van der Waals surface area contributed by atoms with E-state index >= 15 is 0 Å². The number of nitrogens with zero attached hydrogens (tertiary/aromatic N) is 2. The summed E-state index contributed by atoms with van der Waals surface area (Å²) in [7, 11) is 0. The van der Waals surface area contributed by atoms with Gasteiger partial charge in [0.15, 0.2) is 6.61 Å². The maximum Gasteiger partial charge on any atom is 0.331 e. The SMILES string of the molecule is O=C(COC(=O)C=Cc1ccc(OCc2ccccn2)cc1)Nc1ccc([N+](=O)[O-])cc1Cl. The largest absolute Gasteiger partial charge is 0.487 e. The van der Waals surface area contributed by atoms with E-state index in [1.807, 2.05) is 18.2 Å². The molecule has 0 aliphatic heterocycles. The van der Waals surface area contributed by atoms with Gasteiger partial charge in [0, 0.05) is 24.4 Å². The van der Waals surface area contributed by atoms with Gasteiger partial charge in [0.2, 0.25) is 0 Å². The van der Waals surface area contributed by atoms with Gasteiger partial charge in [0.05, 0.1) is 21.3 Å². The Morgan fingerprint density at radius 2 is 1.91 bits per heavy atom. The number of carbonyl (C=O) groups is 2. The van der Waals surface area contributed by atoms with Crippen molar-refractivity contribution in [2.45, 2.75) is 6.61 Å². The zero-order chi connectivity index (χ0) is 23.6.